The van der Waals surface area contributed by atoms with E-state index in [2.05, 4.69) is 229 Å². The van der Waals surface area contributed by atoms with Crippen LogP contribution >= 0.6 is 11.3 Å². The number of benzene rings is 10. The van der Waals surface area contributed by atoms with Crippen LogP contribution in [0.2, 0.25) is 0 Å². The summed E-state index contributed by atoms with van der Waals surface area (Å²) < 4.78 is 8.93. The fraction of sp³-hybridized carbons (Fsp3) is 0. The first kappa shape index (κ1) is 36.8. The summed E-state index contributed by atoms with van der Waals surface area (Å²) in [5, 5.41) is 4.89. The van der Waals surface area contributed by atoms with E-state index in [9.17, 15) is 0 Å². The standard InChI is InChI=1S/C60H39NOS/c1-3-15-41(16-4-1)47-19-7-8-21-52(47)59-48(42-17-5-2-6-18-42)23-13-25-54(59)61(45-34-29-40(30-35-45)44-33-38-51-50-20-10-12-28-57(50)63-58(51)39-44)46-36-31-43(32-37-46)49-24-14-27-56-60(49)53-22-9-11-26-55(53)62-56/h1-39H. The lowest BCUT2D eigenvalue weighted by atomic mass is 9.87. The predicted octanol–water partition coefficient (Wildman–Crippen LogP) is 17.8. The van der Waals surface area contributed by atoms with Crippen LogP contribution in [0, 0.1) is 0 Å². The molecule has 2 aromatic heterocycles. The summed E-state index contributed by atoms with van der Waals surface area (Å²) in [4.78, 5) is 2.43. The van der Waals surface area contributed by atoms with E-state index in [0.717, 1.165) is 50.1 Å². The lowest BCUT2D eigenvalue weighted by molar-refractivity contribution is 0.669. The highest BCUT2D eigenvalue weighted by Crippen LogP contribution is 2.49. The number of furan rings is 1. The van der Waals surface area contributed by atoms with Gasteiger partial charge in [0, 0.05) is 47.9 Å². The van der Waals surface area contributed by atoms with Crippen LogP contribution in [0.15, 0.2) is 241 Å². The van der Waals surface area contributed by atoms with E-state index < -0.39 is 0 Å². The van der Waals surface area contributed by atoms with Crippen LogP contribution in [0.1, 0.15) is 0 Å². The molecule has 0 aliphatic rings. The second-order valence-electron chi connectivity index (χ2n) is 16.0. The molecule has 0 radical (unpaired) electrons. The molecule has 0 bridgehead atoms. The minimum Gasteiger partial charge on any atom is -0.456 e. The topological polar surface area (TPSA) is 16.4 Å². The van der Waals surface area contributed by atoms with E-state index in [-0.39, 0.29) is 0 Å². The number of anilines is 3. The van der Waals surface area contributed by atoms with Crippen molar-refractivity contribution < 1.29 is 4.42 Å². The average Bonchev–Trinajstić information content (AvgIpc) is 3.93. The first-order valence-corrected chi connectivity index (χ1v) is 22.2. The van der Waals surface area contributed by atoms with E-state index in [1.165, 1.54) is 64.7 Å². The molecular formula is C60H39NOS. The minimum absolute atomic E-state index is 0.894. The molecule has 2 nitrogen and oxygen atoms in total. The van der Waals surface area contributed by atoms with Crippen molar-refractivity contribution in [2.45, 2.75) is 0 Å². The summed E-state index contributed by atoms with van der Waals surface area (Å²) >= 11 is 1.86. The maximum absolute atomic E-state index is 6.31. The third-order valence-corrected chi connectivity index (χ3v) is 13.5. The zero-order valence-electron chi connectivity index (χ0n) is 34.3. The van der Waals surface area contributed by atoms with Crippen molar-refractivity contribution in [2.75, 3.05) is 4.90 Å². The Hall–Kier alpha value is -7.98. The Kier molecular flexibility index (Phi) is 9.06. The van der Waals surface area contributed by atoms with Crippen molar-refractivity contribution in [1.82, 2.24) is 0 Å². The third kappa shape index (κ3) is 6.50. The fourth-order valence-corrected chi connectivity index (χ4v) is 10.5. The van der Waals surface area contributed by atoms with Crippen LogP contribution in [0.3, 0.4) is 0 Å². The van der Waals surface area contributed by atoms with Gasteiger partial charge in [-0.05, 0) is 105 Å². The predicted molar refractivity (Wildman–Crippen MR) is 268 cm³/mol. The molecule has 0 saturated carbocycles. The van der Waals surface area contributed by atoms with Crippen LogP contribution in [0.25, 0.3) is 97.7 Å². The number of rotatable bonds is 8. The summed E-state index contributed by atoms with van der Waals surface area (Å²) in [6.45, 7) is 0. The number of thiophene rings is 1. The van der Waals surface area contributed by atoms with Gasteiger partial charge in [0.15, 0.2) is 0 Å². The molecule has 0 spiro atoms. The van der Waals surface area contributed by atoms with Crippen LogP contribution in [0.4, 0.5) is 17.1 Å². The van der Waals surface area contributed by atoms with Gasteiger partial charge in [-0.15, -0.1) is 11.3 Å². The van der Waals surface area contributed by atoms with E-state index >= 15 is 0 Å². The zero-order valence-corrected chi connectivity index (χ0v) is 35.1. The van der Waals surface area contributed by atoms with Gasteiger partial charge in [0.2, 0.25) is 0 Å². The van der Waals surface area contributed by atoms with E-state index in [4.69, 9.17) is 4.42 Å². The van der Waals surface area contributed by atoms with Crippen LogP contribution in [-0.2, 0) is 0 Å². The van der Waals surface area contributed by atoms with Crippen molar-refractivity contribution in [1.29, 1.82) is 0 Å². The number of hydrogen-bond acceptors (Lipinski definition) is 3. The summed E-state index contributed by atoms with van der Waals surface area (Å²) in [6, 6.07) is 85.5. The van der Waals surface area contributed by atoms with E-state index in [1.54, 1.807) is 0 Å². The molecule has 0 amide bonds. The van der Waals surface area contributed by atoms with Gasteiger partial charge in [-0.2, -0.15) is 0 Å². The molecule has 10 aromatic carbocycles. The molecule has 3 heteroatoms. The van der Waals surface area contributed by atoms with Gasteiger partial charge in [-0.1, -0.05) is 182 Å². The zero-order chi connectivity index (χ0) is 41.7. The van der Waals surface area contributed by atoms with Gasteiger partial charge < -0.3 is 9.32 Å². The number of hydrogen-bond donors (Lipinski definition) is 0. The normalized spacial score (nSPS) is 11.5. The molecule has 296 valence electrons. The molecule has 0 saturated heterocycles. The monoisotopic (exact) mass is 821 g/mol. The fourth-order valence-electron chi connectivity index (χ4n) is 9.38. The highest BCUT2D eigenvalue weighted by molar-refractivity contribution is 7.25. The maximum Gasteiger partial charge on any atom is 0.136 e. The van der Waals surface area contributed by atoms with Crippen LogP contribution in [0.5, 0.6) is 0 Å². The summed E-state index contributed by atoms with van der Waals surface area (Å²) in [5.41, 5.74) is 16.7. The van der Waals surface area contributed by atoms with Crippen LogP contribution in [-0.4, -0.2) is 0 Å². The molecule has 2 heterocycles. The minimum atomic E-state index is 0.894. The lowest BCUT2D eigenvalue weighted by Crippen LogP contribution is -2.12. The SMILES string of the molecule is c1ccc(-c2ccccc2-c2c(-c3ccccc3)cccc2N(c2ccc(-c3ccc4c(c3)sc3ccccc34)cc2)c2ccc(-c3cccc4oc5ccccc5c34)cc2)cc1. The molecule has 0 unspecified atom stereocenters. The molecule has 12 rings (SSSR count). The lowest BCUT2D eigenvalue weighted by Gasteiger charge is -2.30. The van der Waals surface area contributed by atoms with Gasteiger partial charge in [0.1, 0.15) is 11.2 Å². The number of para-hydroxylation sites is 1. The first-order valence-electron chi connectivity index (χ1n) is 21.4. The van der Waals surface area contributed by atoms with E-state index in [0.29, 0.717) is 0 Å². The van der Waals surface area contributed by atoms with Crippen molar-refractivity contribution in [3.8, 4) is 55.6 Å². The molecule has 63 heavy (non-hydrogen) atoms. The second kappa shape index (κ2) is 15.5. The van der Waals surface area contributed by atoms with Gasteiger partial charge in [-0.25, -0.2) is 0 Å². The van der Waals surface area contributed by atoms with Crippen molar-refractivity contribution >= 4 is 70.5 Å². The molecule has 0 N–H and O–H groups in total. The summed E-state index contributed by atoms with van der Waals surface area (Å²) in [7, 11) is 0. The van der Waals surface area contributed by atoms with Gasteiger partial charge in [0.05, 0.1) is 5.69 Å². The Morgan fingerprint density at radius 1 is 0.317 bits per heavy atom. The molecule has 0 fully saturated rings. The Morgan fingerprint density at radius 2 is 0.841 bits per heavy atom. The van der Waals surface area contributed by atoms with Crippen molar-refractivity contribution in [3.05, 3.63) is 237 Å². The van der Waals surface area contributed by atoms with Gasteiger partial charge in [-0.3, -0.25) is 0 Å². The molecule has 0 aliphatic carbocycles. The van der Waals surface area contributed by atoms with Gasteiger partial charge in [0.25, 0.3) is 0 Å². The average molecular weight is 822 g/mol. The number of nitrogens with zero attached hydrogens (tertiary/aromatic N) is 1. The Morgan fingerprint density at radius 3 is 1.60 bits per heavy atom. The van der Waals surface area contributed by atoms with Crippen molar-refractivity contribution in [3.63, 3.8) is 0 Å². The van der Waals surface area contributed by atoms with Gasteiger partial charge >= 0.3 is 0 Å². The third-order valence-electron chi connectivity index (χ3n) is 12.3. The van der Waals surface area contributed by atoms with E-state index in [1.807, 2.05) is 23.5 Å². The Balaban J connectivity index is 1.05. The molecule has 0 atom stereocenters. The van der Waals surface area contributed by atoms with Crippen LogP contribution < -0.4 is 4.90 Å². The molecule has 12 aromatic rings. The Bertz CT molecular complexity index is 3600. The molecular weight excluding hydrogens is 783 g/mol. The highest BCUT2D eigenvalue weighted by Gasteiger charge is 2.23. The smallest absolute Gasteiger partial charge is 0.136 e. The maximum atomic E-state index is 6.31. The summed E-state index contributed by atoms with van der Waals surface area (Å²) in [5.74, 6) is 0. The Labute approximate surface area is 370 Å². The number of fused-ring (bicyclic) bond motifs is 6. The second-order valence-corrected chi connectivity index (χ2v) is 17.1. The summed E-state index contributed by atoms with van der Waals surface area (Å²) in [6.07, 6.45) is 0. The quantitative estimate of drug-likeness (QED) is 0.152. The first-order chi connectivity index (χ1) is 31.2. The molecule has 0 aliphatic heterocycles. The largest absolute Gasteiger partial charge is 0.456 e. The van der Waals surface area contributed by atoms with Crippen molar-refractivity contribution in [2.24, 2.45) is 0 Å². The highest BCUT2D eigenvalue weighted by atomic mass is 32.1.